The second-order valence-electron chi connectivity index (χ2n) is 4.93. The molecule has 1 atom stereocenters. The molecule has 0 fully saturated rings. The predicted molar refractivity (Wildman–Crippen MR) is 75.9 cm³/mol. The third kappa shape index (κ3) is 3.17. The second-order valence-corrected chi connectivity index (χ2v) is 4.93. The number of anilines is 1. The van der Waals surface area contributed by atoms with E-state index in [-0.39, 0.29) is 11.7 Å². The third-order valence-electron chi connectivity index (χ3n) is 3.24. The summed E-state index contributed by atoms with van der Waals surface area (Å²) >= 11 is 0. The van der Waals surface area contributed by atoms with Crippen LogP contribution in [0.5, 0.6) is 0 Å². The monoisotopic (exact) mass is 275 g/mol. The van der Waals surface area contributed by atoms with Gasteiger partial charge in [-0.25, -0.2) is 4.79 Å². The first-order valence-electron chi connectivity index (χ1n) is 6.56. The Morgan fingerprint density at radius 1 is 1.35 bits per heavy atom. The Hall–Kier alpha value is -2.30. The van der Waals surface area contributed by atoms with E-state index in [4.69, 9.17) is 9.52 Å². The Labute approximate surface area is 116 Å². The molecule has 5 heteroatoms. The van der Waals surface area contributed by atoms with E-state index in [9.17, 15) is 9.59 Å². The van der Waals surface area contributed by atoms with E-state index in [1.165, 1.54) is 6.07 Å². The highest BCUT2D eigenvalue weighted by Gasteiger charge is 2.12. The van der Waals surface area contributed by atoms with Crippen LogP contribution in [-0.2, 0) is 4.79 Å². The van der Waals surface area contributed by atoms with Gasteiger partial charge in [0.25, 0.3) is 0 Å². The lowest BCUT2D eigenvalue weighted by atomic mass is 10.1. The number of carbonyl (C=O) groups excluding carboxylic acids is 1. The number of aromatic carboxylic acids is 1. The van der Waals surface area contributed by atoms with Crippen molar-refractivity contribution in [2.75, 3.05) is 5.32 Å². The molecule has 0 spiro atoms. The van der Waals surface area contributed by atoms with Crippen molar-refractivity contribution in [2.24, 2.45) is 5.92 Å². The van der Waals surface area contributed by atoms with Gasteiger partial charge in [-0.1, -0.05) is 20.3 Å². The van der Waals surface area contributed by atoms with E-state index in [1.54, 1.807) is 18.2 Å². The molecule has 2 aromatic rings. The zero-order chi connectivity index (χ0) is 14.7. The fourth-order valence-electron chi connectivity index (χ4n) is 1.90. The number of carboxylic acids is 1. The highest BCUT2D eigenvalue weighted by atomic mass is 16.4. The Bertz CT molecular complexity index is 644. The Balaban J connectivity index is 2.15. The van der Waals surface area contributed by atoms with Crippen LogP contribution in [0, 0.1) is 5.92 Å². The van der Waals surface area contributed by atoms with Gasteiger partial charge in [0.1, 0.15) is 5.58 Å². The van der Waals surface area contributed by atoms with Crippen LogP contribution in [-0.4, -0.2) is 17.0 Å². The molecule has 0 aliphatic heterocycles. The van der Waals surface area contributed by atoms with Gasteiger partial charge < -0.3 is 14.8 Å². The van der Waals surface area contributed by atoms with Crippen molar-refractivity contribution in [1.29, 1.82) is 0 Å². The molecule has 2 rings (SSSR count). The molecule has 1 amide bonds. The molecule has 1 heterocycles. The van der Waals surface area contributed by atoms with Gasteiger partial charge in [-0.05, 0) is 30.2 Å². The van der Waals surface area contributed by atoms with Crippen molar-refractivity contribution in [1.82, 2.24) is 0 Å². The number of furan rings is 1. The van der Waals surface area contributed by atoms with E-state index in [0.29, 0.717) is 29.0 Å². The normalized spacial score (nSPS) is 12.3. The van der Waals surface area contributed by atoms with Crippen LogP contribution in [0.1, 0.15) is 37.2 Å². The number of carboxylic acid groups (broad SMARTS) is 1. The van der Waals surface area contributed by atoms with Crippen LogP contribution in [0.2, 0.25) is 0 Å². The van der Waals surface area contributed by atoms with Crippen LogP contribution in [0.4, 0.5) is 5.69 Å². The Morgan fingerprint density at radius 2 is 2.10 bits per heavy atom. The van der Waals surface area contributed by atoms with Gasteiger partial charge >= 0.3 is 5.97 Å². The minimum absolute atomic E-state index is 0.0411. The summed E-state index contributed by atoms with van der Waals surface area (Å²) in [6.07, 6.45) is 1.43. The Morgan fingerprint density at radius 3 is 2.75 bits per heavy atom. The molecule has 0 aliphatic rings. The first kappa shape index (κ1) is 14.1. The quantitative estimate of drug-likeness (QED) is 0.875. The summed E-state index contributed by atoms with van der Waals surface area (Å²) in [7, 11) is 0. The van der Waals surface area contributed by atoms with E-state index in [1.807, 2.05) is 13.8 Å². The lowest BCUT2D eigenvalue weighted by Gasteiger charge is -2.09. The predicted octanol–water partition coefficient (Wildman–Crippen LogP) is 3.51. The fourth-order valence-corrected chi connectivity index (χ4v) is 1.90. The first-order chi connectivity index (χ1) is 9.49. The van der Waals surface area contributed by atoms with Gasteiger partial charge in [0.2, 0.25) is 11.7 Å². The standard InChI is InChI=1S/C15H17NO4/c1-3-9(2)6-14(17)16-11-4-5-12-10(7-11)8-13(20-12)15(18)19/h4-5,7-9H,3,6H2,1-2H3,(H,16,17)(H,18,19). The number of amides is 1. The van der Waals surface area contributed by atoms with Gasteiger partial charge in [-0.2, -0.15) is 0 Å². The number of carbonyl (C=O) groups is 2. The molecular weight excluding hydrogens is 258 g/mol. The molecule has 0 aliphatic carbocycles. The minimum atomic E-state index is -1.11. The van der Waals surface area contributed by atoms with Gasteiger partial charge in [0, 0.05) is 17.5 Å². The van der Waals surface area contributed by atoms with Crippen molar-refractivity contribution in [3.05, 3.63) is 30.0 Å². The topological polar surface area (TPSA) is 79.5 Å². The molecule has 5 nitrogen and oxygen atoms in total. The summed E-state index contributed by atoms with van der Waals surface area (Å²) in [6, 6.07) is 6.51. The molecule has 106 valence electrons. The first-order valence-corrected chi connectivity index (χ1v) is 6.56. The molecule has 0 saturated heterocycles. The van der Waals surface area contributed by atoms with E-state index >= 15 is 0 Å². The maximum atomic E-state index is 11.8. The van der Waals surface area contributed by atoms with Gasteiger partial charge in [0.15, 0.2) is 0 Å². The summed E-state index contributed by atoms with van der Waals surface area (Å²) in [6.45, 7) is 4.07. The Kier molecular flexibility index (Phi) is 4.08. The van der Waals surface area contributed by atoms with E-state index in [2.05, 4.69) is 5.32 Å². The van der Waals surface area contributed by atoms with Gasteiger partial charge in [-0.3, -0.25) is 4.79 Å². The minimum Gasteiger partial charge on any atom is -0.475 e. The zero-order valence-electron chi connectivity index (χ0n) is 11.5. The molecule has 1 aromatic carbocycles. The highest BCUT2D eigenvalue weighted by Crippen LogP contribution is 2.23. The molecule has 0 saturated carbocycles. The molecule has 0 radical (unpaired) electrons. The maximum absolute atomic E-state index is 11.8. The van der Waals surface area contributed by atoms with Crippen molar-refractivity contribution < 1.29 is 19.1 Å². The van der Waals surface area contributed by atoms with Crippen molar-refractivity contribution in [3.63, 3.8) is 0 Å². The molecule has 1 unspecified atom stereocenters. The highest BCUT2D eigenvalue weighted by molar-refractivity contribution is 5.96. The van der Waals surface area contributed by atoms with E-state index in [0.717, 1.165) is 6.42 Å². The van der Waals surface area contributed by atoms with Gasteiger partial charge in [-0.15, -0.1) is 0 Å². The average Bonchev–Trinajstić information content (AvgIpc) is 2.81. The summed E-state index contributed by atoms with van der Waals surface area (Å²) in [5.41, 5.74) is 1.13. The average molecular weight is 275 g/mol. The van der Waals surface area contributed by atoms with Crippen LogP contribution in [0.15, 0.2) is 28.7 Å². The third-order valence-corrected chi connectivity index (χ3v) is 3.24. The van der Waals surface area contributed by atoms with E-state index < -0.39 is 5.97 Å². The number of hydrogen-bond donors (Lipinski definition) is 2. The van der Waals surface area contributed by atoms with Crippen molar-refractivity contribution in [3.8, 4) is 0 Å². The second kappa shape index (κ2) is 5.77. The van der Waals surface area contributed by atoms with Crippen molar-refractivity contribution >= 4 is 28.5 Å². The lowest BCUT2D eigenvalue weighted by Crippen LogP contribution is -2.14. The molecule has 1 aromatic heterocycles. The number of nitrogens with one attached hydrogen (secondary N) is 1. The smallest absolute Gasteiger partial charge is 0.371 e. The van der Waals surface area contributed by atoms with Crippen LogP contribution >= 0.6 is 0 Å². The van der Waals surface area contributed by atoms with Crippen LogP contribution in [0.25, 0.3) is 11.0 Å². The number of hydrogen-bond acceptors (Lipinski definition) is 3. The summed E-state index contributed by atoms with van der Waals surface area (Å²) in [5.74, 6) is -0.918. The molecular formula is C15H17NO4. The molecule has 0 bridgehead atoms. The SMILES string of the molecule is CCC(C)CC(=O)Nc1ccc2oc(C(=O)O)cc2c1. The zero-order valence-corrected chi connectivity index (χ0v) is 11.5. The lowest BCUT2D eigenvalue weighted by molar-refractivity contribution is -0.117. The van der Waals surface area contributed by atoms with Gasteiger partial charge in [0.05, 0.1) is 0 Å². The van der Waals surface area contributed by atoms with Crippen LogP contribution < -0.4 is 5.32 Å². The molecule has 2 N–H and O–H groups in total. The summed E-state index contributed by atoms with van der Waals surface area (Å²) < 4.78 is 5.16. The number of fused-ring (bicyclic) bond motifs is 1. The fraction of sp³-hybridized carbons (Fsp3) is 0.333. The summed E-state index contributed by atoms with van der Waals surface area (Å²) in [4.78, 5) is 22.6. The van der Waals surface area contributed by atoms with Crippen LogP contribution in [0.3, 0.4) is 0 Å². The maximum Gasteiger partial charge on any atom is 0.371 e. The summed E-state index contributed by atoms with van der Waals surface area (Å²) in [5, 5.41) is 12.3. The number of benzene rings is 1. The molecule has 20 heavy (non-hydrogen) atoms. The number of rotatable bonds is 5. The van der Waals surface area contributed by atoms with Crippen molar-refractivity contribution in [2.45, 2.75) is 26.7 Å². The largest absolute Gasteiger partial charge is 0.475 e.